The molecule has 0 aliphatic heterocycles. The highest BCUT2D eigenvalue weighted by atomic mass is 16.5. The maximum Gasteiger partial charge on any atom is 0.253 e. The van der Waals surface area contributed by atoms with Crippen molar-refractivity contribution in [3.8, 4) is 5.75 Å². The van der Waals surface area contributed by atoms with Gasteiger partial charge in [-0.1, -0.05) is 31.2 Å². The quantitative estimate of drug-likeness (QED) is 0.781. The molecule has 0 saturated heterocycles. The maximum atomic E-state index is 12.6. The molecule has 24 heavy (non-hydrogen) atoms. The topological polar surface area (TPSA) is 87.2 Å². The Labute approximate surface area is 138 Å². The molecule has 1 atom stereocenters. The third-order valence-corrected chi connectivity index (χ3v) is 3.73. The van der Waals surface area contributed by atoms with Crippen LogP contribution in [-0.4, -0.2) is 28.2 Å². The standard InChI is InChI=1S/C18H17N3O3/c1-12(11-24-15-5-3-2-4-6-15)18(23)21-16-9-13(17(19)22)7-8-14(16)10-20-21/h2-10,12H,11H2,1H3,(H2,19,22)/t12-/m0/s1. The van der Waals surface area contributed by atoms with Crippen LogP contribution in [0.2, 0.25) is 0 Å². The lowest BCUT2D eigenvalue weighted by atomic mass is 10.1. The van der Waals surface area contributed by atoms with Gasteiger partial charge in [0.2, 0.25) is 5.91 Å². The average Bonchev–Trinajstić information content (AvgIpc) is 3.03. The number of hydrogen-bond donors (Lipinski definition) is 1. The van der Waals surface area contributed by atoms with E-state index in [-0.39, 0.29) is 12.5 Å². The monoisotopic (exact) mass is 323 g/mol. The lowest BCUT2D eigenvalue weighted by Gasteiger charge is -2.12. The summed E-state index contributed by atoms with van der Waals surface area (Å²) in [4.78, 5) is 24.0. The number of primary amides is 1. The Balaban J connectivity index is 1.80. The maximum absolute atomic E-state index is 12.6. The molecule has 0 spiro atoms. The van der Waals surface area contributed by atoms with Crippen molar-refractivity contribution in [3.05, 3.63) is 60.3 Å². The molecule has 1 amide bonds. The summed E-state index contributed by atoms with van der Waals surface area (Å²) >= 11 is 0. The van der Waals surface area contributed by atoms with Gasteiger partial charge < -0.3 is 10.5 Å². The van der Waals surface area contributed by atoms with Crippen LogP contribution in [0.1, 0.15) is 22.1 Å². The van der Waals surface area contributed by atoms with Crippen LogP contribution in [0.4, 0.5) is 0 Å². The van der Waals surface area contributed by atoms with Crippen LogP contribution >= 0.6 is 0 Å². The Kier molecular flexibility index (Phi) is 4.29. The molecule has 3 aromatic rings. The number of para-hydroxylation sites is 1. The number of ether oxygens (including phenoxy) is 1. The van der Waals surface area contributed by atoms with E-state index in [2.05, 4.69) is 5.10 Å². The van der Waals surface area contributed by atoms with Crippen LogP contribution in [0.3, 0.4) is 0 Å². The molecule has 0 fully saturated rings. The molecule has 1 aromatic heterocycles. The molecule has 2 aromatic carbocycles. The van der Waals surface area contributed by atoms with Crippen LogP contribution in [0, 0.1) is 5.92 Å². The van der Waals surface area contributed by atoms with Crippen LogP contribution in [-0.2, 0) is 0 Å². The molecule has 0 saturated carbocycles. The Morgan fingerprint density at radius 3 is 2.67 bits per heavy atom. The summed E-state index contributed by atoms with van der Waals surface area (Å²) in [6.07, 6.45) is 1.59. The number of fused-ring (bicyclic) bond motifs is 1. The van der Waals surface area contributed by atoms with E-state index >= 15 is 0 Å². The molecule has 6 heteroatoms. The first kappa shape index (κ1) is 15.7. The van der Waals surface area contributed by atoms with E-state index in [1.807, 2.05) is 30.3 Å². The summed E-state index contributed by atoms with van der Waals surface area (Å²) in [5, 5.41) is 4.90. The van der Waals surface area contributed by atoms with Crippen LogP contribution in [0.25, 0.3) is 10.9 Å². The van der Waals surface area contributed by atoms with Crippen molar-refractivity contribution in [2.24, 2.45) is 11.7 Å². The first-order valence-corrected chi connectivity index (χ1v) is 7.56. The molecule has 3 rings (SSSR count). The van der Waals surface area contributed by atoms with Gasteiger partial charge in [0, 0.05) is 10.9 Å². The molecular weight excluding hydrogens is 306 g/mol. The average molecular weight is 323 g/mol. The fourth-order valence-electron chi connectivity index (χ4n) is 2.37. The van der Waals surface area contributed by atoms with E-state index in [1.165, 1.54) is 4.68 Å². The second-order valence-electron chi connectivity index (χ2n) is 5.56. The van der Waals surface area contributed by atoms with Gasteiger partial charge in [-0.2, -0.15) is 9.78 Å². The van der Waals surface area contributed by atoms with Crippen molar-refractivity contribution in [1.29, 1.82) is 0 Å². The third-order valence-electron chi connectivity index (χ3n) is 3.73. The zero-order valence-electron chi connectivity index (χ0n) is 13.2. The number of carbonyl (C=O) groups excluding carboxylic acids is 2. The summed E-state index contributed by atoms with van der Waals surface area (Å²) in [6, 6.07) is 14.2. The number of amides is 1. The first-order chi connectivity index (χ1) is 11.6. The van der Waals surface area contributed by atoms with Gasteiger partial charge >= 0.3 is 0 Å². The van der Waals surface area contributed by atoms with Gasteiger partial charge in [-0.05, 0) is 24.3 Å². The number of rotatable bonds is 5. The van der Waals surface area contributed by atoms with Crippen molar-refractivity contribution >= 4 is 22.7 Å². The van der Waals surface area contributed by atoms with E-state index in [0.29, 0.717) is 16.8 Å². The van der Waals surface area contributed by atoms with Gasteiger partial charge in [0.15, 0.2) is 0 Å². The van der Waals surface area contributed by atoms with Gasteiger partial charge in [-0.3, -0.25) is 9.59 Å². The highest BCUT2D eigenvalue weighted by Gasteiger charge is 2.19. The van der Waals surface area contributed by atoms with E-state index in [9.17, 15) is 9.59 Å². The zero-order valence-corrected chi connectivity index (χ0v) is 13.2. The Morgan fingerprint density at radius 1 is 1.21 bits per heavy atom. The van der Waals surface area contributed by atoms with Gasteiger partial charge in [-0.25, -0.2) is 0 Å². The lowest BCUT2D eigenvalue weighted by Crippen LogP contribution is -2.25. The van der Waals surface area contributed by atoms with Crippen molar-refractivity contribution < 1.29 is 14.3 Å². The molecule has 6 nitrogen and oxygen atoms in total. The van der Waals surface area contributed by atoms with E-state index in [1.54, 1.807) is 31.3 Å². The predicted molar refractivity (Wildman–Crippen MR) is 90.0 cm³/mol. The summed E-state index contributed by atoms with van der Waals surface area (Å²) in [5.74, 6) is -0.441. The normalized spacial score (nSPS) is 12.0. The van der Waals surface area contributed by atoms with E-state index < -0.39 is 11.8 Å². The number of hydrogen-bond acceptors (Lipinski definition) is 4. The molecule has 0 aliphatic rings. The Hall–Kier alpha value is -3.15. The Morgan fingerprint density at radius 2 is 1.96 bits per heavy atom. The van der Waals surface area contributed by atoms with Crippen LogP contribution in [0.5, 0.6) is 5.75 Å². The summed E-state index contributed by atoms with van der Waals surface area (Å²) in [5.41, 5.74) is 6.19. The molecule has 2 N–H and O–H groups in total. The molecule has 1 heterocycles. The van der Waals surface area contributed by atoms with E-state index in [0.717, 1.165) is 5.39 Å². The highest BCUT2D eigenvalue weighted by molar-refractivity contribution is 5.99. The smallest absolute Gasteiger partial charge is 0.253 e. The molecule has 0 unspecified atom stereocenters. The van der Waals surface area contributed by atoms with Gasteiger partial charge in [0.25, 0.3) is 5.91 Å². The number of aromatic nitrogens is 2. The molecular formula is C18H17N3O3. The highest BCUT2D eigenvalue weighted by Crippen LogP contribution is 2.18. The van der Waals surface area contributed by atoms with Gasteiger partial charge in [-0.15, -0.1) is 0 Å². The number of nitrogens with zero attached hydrogens (tertiary/aromatic N) is 2. The number of carbonyl (C=O) groups is 2. The lowest BCUT2D eigenvalue weighted by molar-refractivity contribution is 0.0791. The van der Waals surface area contributed by atoms with Crippen molar-refractivity contribution in [1.82, 2.24) is 9.78 Å². The largest absolute Gasteiger partial charge is 0.493 e. The molecule has 122 valence electrons. The summed E-state index contributed by atoms with van der Waals surface area (Å²) in [6.45, 7) is 2.01. The van der Waals surface area contributed by atoms with Crippen molar-refractivity contribution in [2.45, 2.75) is 6.92 Å². The molecule has 0 bridgehead atoms. The number of nitrogens with two attached hydrogens (primary N) is 1. The minimum Gasteiger partial charge on any atom is -0.493 e. The third kappa shape index (κ3) is 3.12. The van der Waals surface area contributed by atoms with Crippen molar-refractivity contribution in [2.75, 3.05) is 6.61 Å². The minimum atomic E-state index is -0.544. The molecule has 0 radical (unpaired) electrons. The first-order valence-electron chi connectivity index (χ1n) is 7.56. The summed E-state index contributed by atoms with van der Waals surface area (Å²) in [7, 11) is 0. The van der Waals surface area contributed by atoms with Gasteiger partial charge in [0.1, 0.15) is 5.75 Å². The minimum absolute atomic E-state index is 0.206. The van der Waals surface area contributed by atoms with Crippen LogP contribution < -0.4 is 10.5 Å². The summed E-state index contributed by atoms with van der Waals surface area (Å²) < 4.78 is 6.92. The number of benzene rings is 2. The van der Waals surface area contributed by atoms with E-state index in [4.69, 9.17) is 10.5 Å². The zero-order chi connectivity index (χ0) is 17.1. The SMILES string of the molecule is C[C@@H](COc1ccccc1)C(=O)n1ncc2ccc(C(N)=O)cc21. The fourth-order valence-corrected chi connectivity index (χ4v) is 2.37. The second-order valence-corrected chi connectivity index (χ2v) is 5.56. The van der Waals surface area contributed by atoms with Gasteiger partial charge in [0.05, 0.1) is 24.2 Å². The molecule has 0 aliphatic carbocycles. The predicted octanol–water partition coefficient (Wildman–Crippen LogP) is 2.49. The second kappa shape index (κ2) is 6.54. The Bertz CT molecular complexity index is 887. The fraction of sp³-hybridized carbons (Fsp3) is 0.167. The van der Waals surface area contributed by atoms with Crippen molar-refractivity contribution in [3.63, 3.8) is 0 Å². The van der Waals surface area contributed by atoms with Crippen LogP contribution in [0.15, 0.2) is 54.7 Å².